The molecule has 2 N–H and O–H groups in total. The summed E-state index contributed by atoms with van der Waals surface area (Å²) in [6, 6.07) is 16.5. The zero-order valence-electron chi connectivity index (χ0n) is 21.4. The quantitative estimate of drug-likeness (QED) is 0.0906. The number of para-hydroxylation sites is 2. The van der Waals surface area contributed by atoms with Gasteiger partial charge in [-0.15, -0.1) is 0 Å². The van der Waals surface area contributed by atoms with E-state index in [1.165, 1.54) is 75.3 Å². The number of thiocarbonyl (C=S) groups is 2. The minimum atomic E-state index is 0. The predicted octanol–water partition coefficient (Wildman–Crippen LogP) is 8.51. The fourth-order valence-corrected chi connectivity index (χ4v) is 4.22. The maximum absolute atomic E-state index is 4.91. The number of hydrogen-bond donors (Lipinski definition) is 2. The monoisotopic (exact) mass is 670 g/mol. The summed E-state index contributed by atoms with van der Waals surface area (Å²) in [7, 11) is 0. The molecule has 35 heavy (non-hydrogen) atoms. The van der Waals surface area contributed by atoms with Crippen molar-refractivity contribution in [2.24, 2.45) is 0 Å². The number of nitrogens with one attached hydrogen (secondary N) is 2. The maximum Gasteiger partial charge on any atom is 2.00 e. The topological polar surface area (TPSA) is 24.1 Å². The zero-order chi connectivity index (χ0) is 25.0. The SMILES string of the molecule is CCCCCCCc1ccccc1NC(=S)[S-].CCCCCCCc1ccccc1NC(=S)[S-].[Ba+2]. The summed E-state index contributed by atoms with van der Waals surface area (Å²) in [5.74, 6) is 0. The van der Waals surface area contributed by atoms with Crippen molar-refractivity contribution in [3.8, 4) is 0 Å². The number of aryl methyl sites for hydroxylation is 2. The second-order valence-electron chi connectivity index (χ2n) is 8.47. The molecule has 7 heteroatoms. The fraction of sp³-hybridized carbons (Fsp3) is 0.500. The van der Waals surface area contributed by atoms with E-state index in [1.54, 1.807) is 0 Å². The normalized spacial score (nSPS) is 9.89. The van der Waals surface area contributed by atoms with Crippen LogP contribution in [-0.4, -0.2) is 57.5 Å². The smallest absolute Gasteiger partial charge is 0.411 e. The van der Waals surface area contributed by atoms with Gasteiger partial charge in [0.05, 0.1) is 0 Å². The molecule has 2 aromatic rings. The standard InChI is InChI=1S/2C14H21NS2.Ba/c2*1-2-3-4-5-6-9-12-10-7-8-11-13(12)15-14(16)17;/h2*7-8,10-11H,2-6,9H2,1H3,(H2,15,16,17);/q;;+2/p-2. The number of benzene rings is 2. The third-order valence-electron chi connectivity index (χ3n) is 5.61. The van der Waals surface area contributed by atoms with Crippen molar-refractivity contribution in [1.29, 1.82) is 0 Å². The molecule has 0 bridgehead atoms. The summed E-state index contributed by atoms with van der Waals surface area (Å²) in [6.07, 6.45) is 15.2. The Morgan fingerprint density at radius 2 is 0.943 bits per heavy atom. The molecule has 0 fully saturated rings. The van der Waals surface area contributed by atoms with Crippen molar-refractivity contribution in [3.63, 3.8) is 0 Å². The van der Waals surface area contributed by atoms with Crippen LogP contribution in [0, 0.1) is 0 Å². The Bertz CT molecular complexity index is 776. The van der Waals surface area contributed by atoms with Gasteiger partial charge >= 0.3 is 48.9 Å². The Balaban J connectivity index is 0.000000642. The van der Waals surface area contributed by atoms with Gasteiger partial charge in [-0.1, -0.05) is 110 Å². The number of rotatable bonds is 14. The Hall–Kier alpha value is 0.231. The largest absolute Gasteiger partial charge is 2.00 e. The van der Waals surface area contributed by atoms with E-state index in [0.717, 1.165) is 24.2 Å². The zero-order valence-corrected chi connectivity index (χ0v) is 29.2. The molecule has 0 atom stereocenters. The molecule has 0 aromatic heterocycles. The molecule has 0 aliphatic heterocycles. The third kappa shape index (κ3) is 18.2. The van der Waals surface area contributed by atoms with Crippen molar-refractivity contribution in [1.82, 2.24) is 0 Å². The van der Waals surface area contributed by atoms with Crippen LogP contribution in [0.15, 0.2) is 48.5 Å². The summed E-state index contributed by atoms with van der Waals surface area (Å²) in [5.41, 5.74) is 4.78. The van der Waals surface area contributed by atoms with Gasteiger partial charge in [0.1, 0.15) is 0 Å². The molecule has 0 aliphatic carbocycles. The van der Waals surface area contributed by atoms with Crippen molar-refractivity contribution < 1.29 is 0 Å². The Morgan fingerprint density at radius 3 is 1.29 bits per heavy atom. The molecule has 0 aliphatic rings. The van der Waals surface area contributed by atoms with Gasteiger partial charge in [0, 0.05) is 11.4 Å². The van der Waals surface area contributed by atoms with E-state index in [0.29, 0.717) is 8.64 Å². The summed E-state index contributed by atoms with van der Waals surface area (Å²) in [4.78, 5) is 0. The maximum atomic E-state index is 4.91. The Morgan fingerprint density at radius 1 is 0.600 bits per heavy atom. The summed E-state index contributed by atoms with van der Waals surface area (Å²) < 4.78 is 0.840. The van der Waals surface area contributed by atoms with Crippen LogP contribution in [0.1, 0.15) is 89.2 Å². The van der Waals surface area contributed by atoms with E-state index in [4.69, 9.17) is 49.7 Å². The average Bonchev–Trinajstić information content (AvgIpc) is 2.80. The van der Waals surface area contributed by atoms with Crippen molar-refractivity contribution >= 4 is 119 Å². The van der Waals surface area contributed by atoms with Crippen LogP contribution in [0.2, 0.25) is 0 Å². The summed E-state index contributed by atoms with van der Waals surface area (Å²) >= 11 is 19.6. The predicted molar refractivity (Wildman–Crippen MR) is 171 cm³/mol. The van der Waals surface area contributed by atoms with Crippen molar-refractivity contribution in [3.05, 3.63) is 59.7 Å². The minimum absolute atomic E-state index is 0. The molecule has 0 spiro atoms. The molecule has 188 valence electrons. The number of hydrogen-bond acceptors (Lipinski definition) is 4. The molecule has 0 amide bonds. The molecular formula is C28H40BaN2S4. The van der Waals surface area contributed by atoms with E-state index in [9.17, 15) is 0 Å². The van der Waals surface area contributed by atoms with Crippen LogP contribution in [0.25, 0.3) is 0 Å². The van der Waals surface area contributed by atoms with Crippen molar-refractivity contribution in [2.45, 2.75) is 90.9 Å². The molecule has 0 saturated carbocycles. The first-order valence-electron chi connectivity index (χ1n) is 12.6. The van der Waals surface area contributed by atoms with Crippen LogP contribution in [-0.2, 0) is 38.1 Å². The summed E-state index contributed by atoms with van der Waals surface area (Å²) in [5, 5.41) is 6.14. The molecule has 0 heterocycles. The van der Waals surface area contributed by atoms with Gasteiger partial charge in [-0.3, -0.25) is 0 Å². The molecule has 2 aromatic carbocycles. The van der Waals surface area contributed by atoms with E-state index < -0.39 is 0 Å². The van der Waals surface area contributed by atoms with Crippen LogP contribution >= 0.6 is 24.4 Å². The molecular weight excluding hydrogens is 630 g/mol. The number of anilines is 2. The first-order chi connectivity index (χ1) is 16.5. The van der Waals surface area contributed by atoms with E-state index in [1.807, 2.05) is 24.3 Å². The van der Waals surface area contributed by atoms with E-state index >= 15 is 0 Å². The van der Waals surface area contributed by atoms with Gasteiger partial charge in [0.2, 0.25) is 0 Å². The van der Waals surface area contributed by atoms with Crippen LogP contribution < -0.4 is 10.6 Å². The van der Waals surface area contributed by atoms with Crippen molar-refractivity contribution in [2.75, 3.05) is 10.6 Å². The minimum Gasteiger partial charge on any atom is -0.411 e. The average molecular weight is 670 g/mol. The molecule has 0 saturated heterocycles. The molecule has 0 radical (unpaired) electrons. The van der Waals surface area contributed by atoms with Gasteiger partial charge in [-0.2, -0.15) is 0 Å². The molecule has 2 nitrogen and oxygen atoms in total. The van der Waals surface area contributed by atoms with Gasteiger partial charge in [0.15, 0.2) is 0 Å². The van der Waals surface area contributed by atoms with E-state index in [-0.39, 0.29) is 48.9 Å². The second kappa shape index (κ2) is 23.4. The molecule has 0 unspecified atom stereocenters. The van der Waals surface area contributed by atoms with E-state index in [2.05, 4.69) is 48.7 Å². The first kappa shape index (κ1) is 35.2. The molecule has 2 rings (SSSR count). The third-order valence-corrected chi connectivity index (χ3v) is 6.02. The van der Waals surface area contributed by atoms with Gasteiger partial charge in [-0.25, -0.2) is 0 Å². The van der Waals surface area contributed by atoms with Crippen LogP contribution in [0.4, 0.5) is 11.4 Å². The second-order valence-corrected chi connectivity index (χ2v) is 10.6. The summed E-state index contributed by atoms with van der Waals surface area (Å²) in [6.45, 7) is 4.48. The first-order valence-corrected chi connectivity index (χ1v) is 14.2. The Labute approximate surface area is 276 Å². The van der Waals surface area contributed by atoms with Crippen LogP contribution in [0.3, 0.4) is 0 Å². The Kier molecular flexibility index (Phi) is 23.5. The van der Waals surface area contributed by atoms with Crippen LogP contribution in [0.5, 0.6) is 0 Å². The van der Waals surface area contributed by atoms with Gasteiger partial charge in [0.25, 0.3) is 0 Å². The number of unbranched alkanes of at least 4 members (excludes halogenated alkanes) is 8. The van der Waals surface area contributed by atoms with Gasteiger partial charge < -0.3 is 60.3 Å². The van der Waals surface area contributed by atoms with Gasteiger partial charge in [-0.05, 0) is 48.9 Å². The fourth-order valence-electron chi connectivity index (χ4n) is 3.78.